The first-order valence-corrected chi connectivity index (χ1v) is 10.3. The van der Waals surface area contributed by atoms with Gasteiger partial charge in [0.2, 0.25) is 5.91 Å². The average Bonchev–Trinajstić information content (AvgIpc) is 2.77. The summed E-state index contributed by atoms with van der Waals surface area (Å²) in [5, 5.41) is 2.79. The van der Waals surface area contributed by atoms with Crippen LogP contribution >= 0.6 is 0 Å². The van der Waals surface area contributed by atoms with Gasteiger partial charge in [0.05, 0.1) is 0 Å². The lowest BCUT2D eigenvalue weighted by Gasteiger charge is -2.35. The first-order valence-electron chi connectivity index (χ1n) is 10.3. The van der Waals surface area contributed by atoms with E-state index in [2.05, 4.69) is 5.32 Å². The van der Waals surface area contributed by atoms with Crippen LogP contribution in [0.4, 0.5) is 4.39 Å². The van der Waals surface area contributed by atoms with Crippen LogP contribution in [0.3, 0.4) is 0 Å². The number of rotatable bonds is 6. The normalized spacial score (nSPS) is 15.7. The predicted octanol–water partition coefficient (Wildman–Crippen LogP) is 3.70. The molecular formula is C24H27FN2O3. The van der Waals surface area contributed by atoms with E-state index in [0.717, 1.165) is 0 Å². The Kier molecular flexibility index (Phi) is 6.98. The highest BCUT2D eigenvalue weighted by Crippen LogP contribution is 2.23. The van der Waals surface area contributed by atoms with E-state index in [0.29, 0.717) is 37.1 Å². The lowest BCUT2D eigenvalue weighted by atomic mass is 9.88. The van der Waals surface area contributed by atoms with Gasteiger partial charge in [0, 0.05) is 30.1 Å². The lowest BCUT2D eigenvalue weighted by Crippen LogP contribution is -2.53. The van der Waals surface area contributed by atoms with E-state index < -0.39 is 17.8 Å². The molecule has 2 aromatic carbocycles. The van der Waals surface area contributed by atoms with Crippen LogP contribution in [-0.4, -0.2) is 41.6 Å². The summed E-state index contributed by atoms with van der Waals surface area (Å²) in [6, 6.07) is 13.8. The van der Waals surface area contributed by atoms with Crippen LogP contribution in [0, 0.1) is 17.7 Å². The average molecular weight is 410 g/mol. The lowest BCUT2D eigenvalue weighted by molar-refractivity contribution is -0.135. The zero-order valence-corrected chi connectivity index (χ0v) is 17.3. The molecule has 5 nitrogen and oxygen atoms in total. The Hall–Kier alpha value is -3.02. The number of piperidine rings is 1. The Morgan fingerprint density at radius 2 is 1.53 bits per heavy atom. The molecule has 1 unspecified atom stereocenters. The van der Waals surface area contributed by atoms with Crippen molar-refractivity contribution in [1.82, 2.24) is 10.2 Å². The number of hydrogen-bond donors (Lipinski definition) is 1. The van der Waals surface area contributed by atoms with E-state index >= 15 is 0 Å². The van der Waals surface area contributed by atoms with Crippen molar-refractivity contribution in [1.29, 1.82) is 0 Å². The summed E-state index contributed by atoms with van der Waals surface area (Å²) in [7, 11) is 0. The van der Waals surface area contributed by atoms with E-state index in [9.17, 15) is 18.8 Å². The maximum atomic E-state index is 13.1. The van der Waals surface area contributed by atoms with Crippen molar-refractivity contribution < 1.29 is 18.8 Å². The number of nitrogens with zero attached hydrogens (tertiary/aromatic N) is 1. The quantitative estimate of drug-likeness (QED) is 0.739. The first kappa shape index (κ1) is 21.7. The van der Waals surface area contributed by atoms with Gasteiger partial charge in [0.1, 0.15) is 11.9 Å². The van der Waals surface area contributed by atoms with E-state index in [1.54, 1.807) is 4.90 Å². The first-order chi connectivity index (χ1) is 14.4. The zero-order valence-electron chi connectivity index (χ0n) is 17.3. The van der Waals surface area contributed by atoms with Gasteiger partial charge in [-0.1, -0.05) is 44.2 Å². The van der Waals surface area contributed by atoms with Gasteiger partial charge in [-0.25, -0.2) is 4.39 Å². The number of carbonyl (C=O) groups excluding carboxylic acids is 3. The molecule has 158 valence electrons. The van der Waals surface area contributed by atoms with Gasteiger partial charge in [0.25, 0.3) is 5.91 Å². The molecule has 0 spiro atoms. The topological polar surface area (TPSA) is 66.5 Å². The Labute approximate surface area is 176 Å². The molecule has 0 saturated carbocycles. The van der Waals surface area contributed by atoms with E-state index in [1.165, 1.54) is 24.3 Å². The molecule has 1 fully saturated rings. The number of halogens is 1. The molecule has 0 aromatic heterocycles. The summed E-state index contributed by atoms with van der Waals surface area (Å²) in [4.78, 5) is 40.0. The third kappa shape index (κ3) is 5.12. The van der Waals surface area contributed by atoms with Crippen molar-refractivity contribution in [3.63, 3.8) is 0 Å². The molecule has 2 aromatic rings. The van der Waals surface area contributed by atoms with Crippen LogP contribution < -0.4 is 5.32 Å². The fourth-order valence-electron chi connectivity index (χ4n) is 3.74. The fourth-order valence-corrected chi connectivity index (χ4v) is 3.74. The number of amides is 2. The molecule has 1 aliphatic heterocycles. The highest BCUT2D eigenvalue weighted by Gasteiger charge is 2.33. The monoisotopic (exact) mass is 410 g/mol. The van der Waals surface area contributed by atoms with Crippen LogP contribution in [0.15, 0.2) is 54.6 Å². The molecule has 1 aliphatic rings. The van der Waals surface area contributed by atoms with Gasteiger partial charge in [-0.2, -0.15) is 0 Å². The Morgan fingerprint density at radius 3 is 2.10 bits per heavy atom. The minimum absolute atomic E-state index is 0.0947. The number of benzene rings is 2. The molecule has 2 amide bonds. The fraction of sp³-hybridized carbons (Fsp3) is 0.375. The minimum Gasteiger partial charge on any atom is -0.341 e. The number of nitrogens with one attached hydrogen (secondary N) is 1. The zero-order chi connectivity index (χ0) is 21.7. The summed E-state index contributed by atoms with van der Waals surface area (Å²) in [5.74, 6) is -1.06. The summed E-state index contributed by atoms with van der Waals surface area (Å²) in [5.41, 5.74) is 1.01. The molecule has 1 heterocycles. The second-order valence-electron chi connectivity index (χ2n) is 8.03. The van der Waals surface area contributed by atoms with Crippen molar-refractivity contribution in [2.45, 2.75) is 32.7 Å². The van der Waals surface area contributed by atoms with Crippen LogP contribution in [0.2, 0.25) is 0 Å². The second-order valence-corrected chi connectivity index (χ2v) is 8.03. The maximum absolute atomic E-state index is 13.1. The summed E-state index contributed by atoms with van der Waals surface area (Å²) in [6.07, 6.45) is 1.21. The standard InChI is InChI=1S/C24H27FN2O3/c1-16(2)21(26-23(29)19-8-10-20(25)11-9-19)24(30)27-14-12-18(13-15-27)22(28)17-6-4-3-5-7-17/h3-11,16,18,21H,12-15H2,1-2H3,(H,26,29). The molecule has 30 heavy (non-hydrogen) atoms. The SMILES string of the molecule is CC(C)C(NC(=O)c1ccc(F)cc1)C(=O)N1CCC(C(=O)c2ccccc2)CC1. The molecule has 0 bridgehead atoms. The molecule has 1 saturated heterocycles. The van der Waals surface area contributed by atoms with E-state index in [-0.39, 0.29) is 23.5 Å². The smallest absolute Gasteiger partial charge is 0.251 e. The summed E-state index contributed by atoms with van der Waals surface area (Å²) in [6.45, 7) is 4.72. The number of hydrogen-bond acceptors (Lipinski definition) is 3. The molecule has 6 heteroatoms. The van der Waals surface area contributed by atoms with Crippen molar-refractivity contribution in [3.8, 4) is 0 Å². The Balaban J connectivity index is 1.60. The molecule has 0 radical (unpaired) electrons. The van der Waals surface area contributed by atoms with Crippen LogP contribution in [-0.2, 0) is 4.79 Å². The largest absolute Gasteiger partial charge is 0.341 e. The van der Waals surface area contributed by atoms with Gasteiger partial charge in [-0.05, 0) is 43.0 Å². The van der Waals surface area contributed by atoms with Gasteiger partial charge in [0.15, 0.2) is 5.78 Å². The van der Waals surface area contributed by atoms with Crippen molar-refractivity contribution in [3.05, 3.63) is 71.5 Å². The third-order valence-corrected chi connectivity index (χ3v) is 5.56. The van der Waals surface area contributed by atoms with Crippen LogP contribution in [0.5, 0.6) is 0 Å². The molecule has 1 N–H and O–H groups in total. The van der Waals surface area contributed by atoms with E-state index in [4.69, 9.17) is 0 Å². The van der Waals surface area contributed by atoms with Crippen LogP contribution in [0.1, 0.15) is 47.4 Å². The van der Waals surface area contributed by atoms with Crippen molar-refractivity contribution in [2.24, 2.45) is 11.8 Å². The molecular weight excluding hydrogens is 383 g/mol. The maximum Gasteiger partial charge on any atom is 0.251 e. The summed E-state index contributed by atoms with van der Waals surface area (Å²) < 4.78 is 13.1. The number of carbonyl (C=O) groups is 3. The summed E-state index contributed by atoms with van der Waals surface area (Å²) >= 11 is 0. The van der Waals surface area contributed by atoms with Crippen molar-refractivity contribution in [2.75, 3.05) is 13.1 Å². The Morgan fingerprint density at radius 1 is 0.933 bits per heavy atom. The third-order valence-electron chi connectivity index (χ3n) is 5.56. The molecule has 1 atom stereocenters. The van der Waals surface area contributed by atoms with Gasteiger partial charge in [-0.3, -0.25) is 14.4 Å². The number of Topliss-reactive ketones (excluding diaryl/α,β-unsaturated/α-hetero) is 1. The second kappa shape index (κ2) is 9.65. The van der Waals surface area contributed by atoms with Crippen LogP contribution in [0.25, 0.3) is 0 Å². The van der Waals surface area contributed by atoms with Gasteiger partial charge in [-0.15, -0.1) is 0 Å². The highest BCUT2D eigenvalue weighted by molar-refractivity contribution is 5.99. The predicted molar refractivity (Wildman–Crippen MR) is 113 cm³/mol. The molecule has 0 aliphatic carbocycles. The minimum atomic E-state index is -0.677. The van der Waals surface area contributed by atoms with E-state index in [1.807, 2.05) is 44.2 Å². The number of ketones is 1. The number of likely N-dealkylation sites (tertiary alicyclic amines) is 1. The Bertz CT molecular complexity index is 888. The highest BCUT2D eigenvalue weighted by atomic mass is 19.1. The molecule has 3 rings (SSSR count). The van der Waals surface area contributed by atoms with Crippen molar-refractivity contribution >= 4 is 17.6 Å². The van der Waals surface area contributed by atoms with Gasteiger partial charge < -0.3 is 10.2 Å². The van der Waals surface area contributed by atoms with Gasteiger partial charge >= 0.3 is 0 Å².